The van der Waals surface area contributed by atoms with Crippen LogP contribution < -0.4 is 11.1 Å². The standard InChI is InChI=1S/C19H21N3O3.ClH/c20-15-7-5-14(6-8-15)13-18(23)21-17-4-2-1-3-16(17)19(24)22-9-11-25-12-10-22;/h1-8H,9-13,20H2,(H,21,23);1H. The molecule has 0 aliphatic carbocycles. The van der Waals surface area contributed by atoms with Gasteiger partial charge in [0.25, 0.3) is 5.91 Å². The minimum atomic E-state index is -0.174. The van der Waals surface area contributed by atoms with E-state index in [9.17, 15) is 9.59 Å². The summed E-state index contributed by atoms with van der Waals surface area (Å²) in [6, 6.07) is 14.2. The fourth-order valence-electron chi connectivity index (χ4n) is 2.73. The quantitative estimate of drug-likeness (QED) is 0.803. The van der Waals surface area contributed by atoms with Crippen molar-refractivity contribution < 1.29 is 14.3 Å². The molecule has 2 aromatic rings. The second-order valence-electron chi connectivity index (χ2n) is 5.92. The molecule has 0 radical (unpaired) electrons. The molecule has 1 heterocycles. The summed E-state index contributed by atoms with van der Waals surface area (Å²) in [6.45, 7) is 2.20. The molecule has 0 unspecified atom stereocenters. The average Bonchev–Trinajstić information content (AvgIpc) is 2.64. The zero-order valence-electron chi connectivity index (χ0n) is 14.3. The van der Waals surface area contributed by atoms with Gasteiger partial charge < -0.3 is 20.7 Å². The SMILES string of the molecule is Cl.Nc1ccc(CC(=O)Nc2ccccc2C(=O)N2CCOCC2)cc1. The van der Waals surface area contributed by atoms with E-state index in [1.807, 2.05) is 12.1 Å². The first-order chi connectivity index (χ1) is 12.1. The van der Waals surface area contributed by atoms with Gasteiger partial charge in [-0.25, -0.2) is 0 Å². The lowest BCUT2D eigenvalue weighted by atomic mass is 10.1. The Balaban J connectivity index is 0.00000243. The molecule has 1 aliphatic rings. The Kier molecular flexibility index (Phi) is 7.00. The molecule has 1 saturated heterocycles. The molecule has 0 bridgehead atoms. The maximum Gasteiger partial charge on any atom is 0.256 e. The highest BCUT2D eigenvalue weighted by Crippen LogP contribution is 2.18. The first-order valence-electron chi connectivity index (χ1n) is 8.24. The van der Waals surface area contributed by atoms with Crippen molar-refractivity contribution in [3.63, 3.8) is 0 Å². The maximum atomic E-state index is 12.7. The van der Waals surface area contributed by atoms with E-state index >= 15 is 0 Å². The predicted molar refractivity (Wildman–Crippen MR) is 104 cm³/mol. The van der Waals surface area contributed by atoms with Crippen LogP contribution in [-0.2, 0) is 16.0 Å². The zero-order valence-corrected chi connectivity index (χ0v) is 15.1. The number of ether oxygens (including phenoxy) is 1. The van der Waals surface area contributed by atoms with Gasteiger partial charge in [-0.2, -0.15) is 0 Å². The fourth-order valence-corrected chi connectivity index (χ4v) is 2.73. The van der Waals surface area contributed by atoms with Crippen molar-refractivity contribution in [1.82, 2.24) is 4.90 Å². The maximum absolute atomic E-state index is 12.7. The van der Waals surface area contributed by atoms with Crippen LogP contribution in [0.1, 0.15) is 15.9 Å². The average molecular weight is 376 g/mol. The molecule has 3 rings (SSSR count). The second kappa shape index (κ2) is 9.22. The highest BCUT2D eigenvalue weighted by atomic mass is 35.5. The van der Waals surface area contributed by atoms with E-state index in [1.54, 1.807) is 41.3 Å². The minimum absolute atomic E-state index is 0. The van der Waals surface area contributed by atoms with Crippen molar-refractivity contribution >= 4 is 35.6 Å². The van der Waals surface area contributed by atoms with Crippen LogP contribution in [0.3, 0.4) is 0 Å². The molecule has 3 N–H and O–H groups in total. The van der Waals surface area contributed by atoms with Crippen molar-refractivity contribution in [3.8, 4) is 0 Å². The summed E-state index contributed by atoms with van der Waals surface area (Å²) in [5.74, 6) is -0.265. The largest absolute Gasteiger partial charge is 0.399 e. The monoisotopic (exact) mass is 375 g/mol. The summed E-state index contributed by atoms with van der Waals surface area (Å²) in [4.78, 5) is 26.8. The van der Waals surface area contributed by atoms with Crippen LogP contribution in [0.2, 0.25) is 0 Å². The Morgan fingerprint density at radius 2 is 1.69 bits per heavy atom. The molecular formula is C19H22ClN3O3. The summed E-state index contributed by atoms with van der Waals surface area (Å²) in [7, 11) is 0. The number of amides is 2. The fraction of sp³-hybridized carbons (Fsp3) is 0.263. The molecule has 0 spiro atoms. The molecular weight excluding hydrogens is 354 g/mol. The Morgan fingerprint density at radius 3 is 2.38 bits per heavy atom. The first kappa shape index (κ1) is 19.8. The molecule has 2 aromatic carbocycles. The van der Waals surface area contributed by atoms with Gasteiger partial charge in [0.15, 0.2) is 0 Å². The number of morpholine rings is 1. The number of halogens is 1. The highest BCUT2D eigenvalue weighted by molar-refractivity contribution is 6.04. The van der Waals surface area contributed by atoms with Crippen LogP contribution in [0.4, 0.5) is 11.4 Å². The lowest BCUT2D eigenvalue weighted by Gasteiger charge is -2.27. The van der Waals surface area contributed by atoms with E-state index < -0.39 is 0 Å². The van der Waals surface area contributed by atoms with E-state index in [2.05, 4.69) is 5.32 Å². The molecule has 0 aromatic heterocycles. The number of nitrogens with one attached hydrogen (secondary N) is 1. The smallest absolute Gasteiger partial charge is 0.256 e. The van der Waals surface area contributed by atoms with Crippen molar-refractivity contribution in [2.24, 2.45) is 0 Å². The van der Waals surface area contributed by atoms with Crippen molar-refractivity contribution in [1.29, 1.82) is 0 Å². The second-order valence-corrected chi connectivity index (χ2v) is 5.92. The number of benzene rings is 2. The van der Waals surface area contributed by atoms with Gasteiger partial charge in [-0.3, -0.25) is 9.59 Å². The van der Waals surface area contributed by atoms with Crippen molar-refractivity contribution in [3.05, 3.63) is 59.7 Å². The minimum Gasteiger partial charge on any atom is -0.399 e. The van der Waals surface area contributed by atoms with Crippen LogP contribution in [0.15, 0.2) is 48.5 Å². The van der Waals surface area contributed by atoms with E-state index in [0.29, 0.717) is 43.2 Å². The molecule has 0 atom stereocenters. The number of nitrogen functional groups attached to an aromatic ring is 1. The van der Waals surface area contributed by atoms with Gasteiger partial charge in [0.1, 0.15) is 0 Å². The number of carbonyl (C=O) groups is 2. The van der Waals surface area contributed by atoms with Gasteiger partial charge in [-0.15, -0.1) is 12.4 Å². The van der Waals surface area contributed by atoms with Gasteiger partial charge in [0.05, 0.1) is 30.9 Å². The van der Waals surface area contributed by atoms with Crippen LogP contribution in [-0.4, -0.2) is 43.0 Å². The number of carbonyl (C=O) groups excluding carboxylic acids is 2. The molecule has 7 heteroatoms. The van der Waals surface area contributed by atoms with Gasteiger partial charge in [0, 0.05) is 18.8 Å². The van der Waals surface area contributed by atoms with Gasteiger partial charge >= 0.3 is 0 Å². The summed E-state index contributed by atoms with van der Waals surface area (Å²) >= 11 is 0. The number of hydrogen-bond acceptors (Lipinski definition) is 4. The third-order valence-corrected chi connectivity index (χ3v) is 4.07. The lowest BCUT2D eigenvalue weighted by molar-refractivity contribution is -0.115. The number of nitrogens with two attached hydrogens (primary N) is 1. The lowest BCUT2D eigenvalue weighted by Crippen LogP contribution is -2.41. The van der Waals surface area contributed by atoms with Crippen LogP contribution >= 0.6 is 12.4 Å². The van der Waals surface area contributed by atoms with E-state index in [-0.39, 0.29) is 30.6 Å². The summed E-state index contributed by atoms with van der Waals surface area (Å²) in [5.41, 5.74) is 8.20. The van der Waals surface area contributed by atoms with Gasteiger partial charge in [0.2, 0.25) is 5.91 Å². The number of rotatable bonds is 4. The molecule has 2 amide bonds. The van der Waals surface area contributed by atoms with Crippen molar-refractivity contribution in [2.75, 3.05) is 37.4 Å². The molecule has 1 fully saturated rings. The molecule has 26 heavy (non-hydrogen) atoms. The predicted octanol–water partition coefficient (Wildman–Crippen LogP) is 2.34. The van der Waals surface area contributed by atoms with Crippen LogP contribution in [0, 0.1) is 0 Å². The first-order valence-corrected chi connectivity index (χ1v) is 8.24. The number of nitrogens with zero attached hydrogens (tertiary/aromatic N) is 1. The van der Waals surface area contributed by atoms with Gasteiger partial charge in [-0.05, 0) is 29.8 Å². The van der Waals surface area contributed by atoms with Crippen LogP contribution in [0.5, 0.6) is 0 Å². The number of anilines is 2. The molecule has 138 valence electrons. The van der Waals surface area contributed by atoms with E-state index in [1.165, 1.54) is 0 Å². The Morgan fingerprint density at radius 1 is 1.04 bits per heavy atom. The van der Waals surface area contributed by atoms with Crippen LogP contribution in [0.25, 0.3) is 0 Å². The highest BCUT2D eigenvalue weighted by Gasteiger charge is 2.21. The Labute approximate surface area is 158 Å². The van der Waals surface area contributed by atoms with Crippen molar-refractivity contribution in [2.45, 2.75) is 6.42 Å². The Hall–Kier alpha value is -2.57. The topological polar surface area (TPSA) is 84.7 Å². The van der Waals surface area contributed by atoms with E-state index in [4.69, 9.17) is 10.5 Å². The molecule has 0 saturated carbocycles. The molecule has 1 aliphatic heterocycles. The Bertz CT molecular complexity index is 759. The van der Waals surface area contributed by atoms with Gasteiger partial charge in [-0.1, -0.05) is 24.3 Å². The normalized spacial score (nSPS) is 13.6. The zero-order chi connectivity index (χ0) is 17.6. The third-order valence-electron chi connectivity index (χ3n) is 4.07. The third kappa shape index (κ3) is 4.97. The number of hydrogen-bond donors (Lipinski definition) is 2. The summed E-state index contributed by atoms with van der Waals surface area (Å²) < 4.78 is 5.28. The van der Waals surface area contributed by atoms with E-state index in [0.717, 1.165) is 5.56 Å². The number of para-hydroxylation sites is 1. The molecule has 6 nitrogen and oxygen atoms in total. The summed E-state index contributed by atoms with van der Waals surface area (Å²) in [6.07, 6.45) is 0.223. The summed E-state index contributed by atoms with van der Waals surface area (Å²) in [5, 5.41) is 2.84.